The minimum atomic E-state index is -5.61. The predicted octanol–water partition coefficient (Wildman–Crippen LogP) is -3.87. The van der Waals surface area contributed by atoms with Gasteiger partial charge in [-0.2, -0.15) is 0 Å². The number of hydrogen-bond acceptors (Lipinski definition) is 9. The van der Waals surface area contributed by atoms with Crippen molar-refractivity contribution in [3.63, 3.8) is 0 Å². The van der Waals surface area contributed by atoms with Crippen LogP contribution in [-0.2, 0) is 23.0 Å². The van der Waals surface area contributed by atoms with Crippen molar-refractivity contribution in [3.8, 4) is 0 Å². The lowest BCUT2D eigenvalue weighted by molar-refractivity contribution is -0.351. The lowest BCUT2D eigenvalue weighted by Gasteiger charge is -2.34. The van der Waals surface area contributed by atoms with Crippen molar-refractivity contribution < 1.29 is 47.7 Å². The molecule has 1 unspecified atom stereocenters. The molecular weight excluding hydrogens is 258 g/mol. The van der Waals surface area contributed by atoms with Gasteiger partial charge in [0.25, 0.3) is 0 Å². The molecule has 15 heavy (non-hydrogen) atoms. The summed E-state index contributed by atoms with van der Waals surface area (Å²) in [7, 11) is -11.1. The van der Waals surface area contributed by atoms with Gasteiger partial charge in [-0.1, -0.05) is 0 Å². The molecule has 0 spiro atoms. The Morgan fingerprint density at radius 3 is 1.93 bits per heavy atom. The fraction of sp³-hybridized carbons (Fsp3) is 0.667. The van der Waals surface area contributed by atoms with Gasteiger partial charge in [-0.05, 0) is 0 Å². The normalized spacial score (nSPS) is 14.9. The monoisotopic (exact) mass is 262 g/mol. The summed E-state index contributed by atoms with van der Waals surface area (Å²) in [6, 6.07) is 0. The van der Waals surface area contributed by atoms with Crippen LogP contribution in [0, 0.1) is 0 Å². The van der Waals surface area contributed by atoms with Gasteiger partial charge < -0.3 is 42.9 Å². The second kappa shape index (κ2) is 5.15. The molecule has 0 aliphatic rings. The molecule has 10 nitrogen and oxygen atoms in total. The molecule has 0 aromatic carbocycles. The van der Waals surface area contributed by atoms with Gasteiger partial charge in [0.2, 0.25) is 0 Å². The van der Waals surface area contributed by atoms with Crippen LogP contribution in [0.15, 0.2) is 0 Å². The fourth-order valence-electron chi connectivity index (χ4n) is 0.462. The van der Waals surface area contributed by atoms with Crippen LogP contribution in [0.5, 0.6) is 0 Å². The minimum Gasteiger partial charge on any atom is -0.790 e. The topological polar surface area (TPSA) is 182 Å². The molecule has 1 N–H and O–H groups in total. The van der Waals surface area contributed by atoms with Crippen molar-refractivity contribution >= 4 is 21.6 Å². The quantitative estimate of drug-likeness (QED) is 0.464. The largest absolute Gasteiger partial charge is 0.790 e. The van der Waals surface area contributed by atoms with E-state index in [-0.39, 0.29) is 0 Å². The van der Waals surface area contributed by atoms with E-state index in [1.54, 1.807) is 0 Å². The van der Waals surface area contributed by atoms with Gasteiger partial charge in [0.1, 0.15) is 0 Å². The van der Waals surface area contributed by atoms with Crippen LogP contribution in [0.4, 0.5) is 0 Å². The van der Waals surface area contributed by atoms with Crippen LogP contribution in [0.3, 0.4) is 0 Å². The summed E-state index contributed by atoms with van der Waals surface area (Å²) in [6.45, 7) is -1.39. The van der Waals surface area contributed by atoms with Crippen LogP contribution < -0.4 is 19.6 Å². The summed E-state index contributed by atoms with van der Waals surface area (Å²) in [5.74, 6) is -1.96. The maximum absolute atomic E-state index is 10.2. The Morgan fingerprint density at radius 2 is 1.67 bits per heavy atom. The molecule has 0 aromatic rings. The molecule has 0 amide bonds. The number of hydrogen-bond donors (Lipinski definition) is 1. The van der Waals surface area contributed by atoms with E-state index in [2.05, 4.69) is 9.05 Å². The Kier molecular flexibility index (Phi) is 5.04. The molecule has 12 heteroatoms. The van der Waals surface area contributed by atoms with Gasteiger partial charge in [-0.15, -0.1) is 0 Å². The zero-order valence-corrected chi connectivity index (χ0v) is 8.59. The van der Waals surface area contributed by atoms with Crippen LogP contribution in [0.1, 0.15) is 0 Å². The van der Waals surface area contributed by atoms with Crippen LogP contribution >= 0.6 is 15.6 Å². The number of phosphoric ester groups is 2. The number of phosphoric acid groups is 2. The molecule has 1 atom stereocenters. The van der Waals surface area contributed by atoms with E-state index in [9.17, 15) is 33.5 Å². The molecule has 0 aliphatic carbocycles. The van der Waals surface area contributed by atoms with Gasteiger partial charge in [-0.3, -0.25) is 0 Å². The van der Waals surface area contributed by atoms with E-state index in [4.69, 9.17) is 5.11 Å². The predicted molar refractivity (Wildman–Crippen MR) is 33.7 cm³/mol. The summed E-state index contributed by atoms with van der Waals surface area (Å²) in [5, 5.41) is 8.24. The SMILES string of the molecule is O=C(O)C(COP(=O)([O-])[O-])OP(=O)([O-])[O-]. The lowest BCUT2D eigenvalue weighted by atomic mass is 10.4. The molecular formula is C3H4O10P2-4. The highest BCUT2D eigenvalue weighted by atomic mass is 31.2. The molecule has 0 saturated carbocycles. The molecule has 0 radical (unpaired) electrons. The fourth-order valence-corrected chi connectivity index (χ4v) is 1.24. The smallest absolute Gasteiger partial charge is 0.335 e. The Labute approximate surface area is 82.9 Å². The Balaban J connectivity index is 4.38. The maximum Gasteiger partial charge on any atom is 0.335 e. The zero-order valence-electron chi connectivity index (χ0n) is 6.80. The summed E-state index contributed by atoms with van der Waals surface area (Å²) in [5.41, 5.74) is 0. The summed E-state index contributed by atoms with van der Waals surface area (Å²) in [4.78, 5) is 49.9. The third-order valence-electron chi connectivity index (χ3n) is 0.916. The van der Waals surface area contributed by atoms with Gasteiger partial charge >= 0.3 is 5.97 Å². The van der Waals surface area contributed by atoms with Crippen molar-refractivity contribution in [1.29, 1.82) is 0 Å². The highest BCUT2D eigenvalue weighted by Gasteiger charge is 2.20. The number of carbonyl (C=O) groups is 1. The van der Waals surface area contributed by atoms with E-state index in [1.807, 2.05) is 0 Å². The highest BCUT2D eigenvalue weighted by Crippen LogP contribution is 2.30. The van der Waals surface area contributed by atoms with Crippen LogP contribution in [0.2, 0.25) is 0 Å². The first kappa shape index (κ1) is 14.7. The van der Waals surface area contributed by atoms with E-state index in [1.165, 1.54) is 0 Å². The second-order valence-electron chi connectivity index (χ2n) is 2.12. The van der Waals surface area contributed by atoms with E-state index < -0.39 is 34.3 Å². The summed E-state index contributed by atoms with van der Waals surface area (Å²) >= 11 is 0. The molecule has 0 heterocycles. The number of carboxylic acid groups (broad SMARTS) is 1. The van der Waals surface area contributed by atoms with E-state index in [0.29, 0.717) is 0 Å². The first-order chi connectivity index (χ1) is 6.51. The number of rotatable bonds is 6. The average Bonchev–Trinajstić information content (AvgIpc) is 1.93. The molecule has 0 aliphatic heterocycles. The minimum absolute atomic E-state index is 1.39. The average molecular weight is 262 g/mol. The Bertz CT molecular complexity index is 311. The second-order valence-corrected chi connectivity index (χ2v) is 4.38. The standard InChI is InChI=1S/C3H8O10P2/c4-3(5)2(13-15(9,10)11)1-12-14(6,7)8/h2H,1H2,(H,4,5)(H2,6,7,8)(H2,9,10,11)/p-4. The Hall–Kier alpha value is -0.310. The van der Waals surface area contributed by atoms with Gasteiger partial charge in [0.05, 0.1) is 22.3 Å². The van der Waals surface area contributed by atoms with Crippen LogP contribution in [0.25, 0.3) is 0 Å². The molecule has 90 valence electrons. The van der Waals surface area contributed by atoms with Gasteiger partial charge in [0.15, 0.2) is 6.10 Å². The molecule has 0 rings (SSSR count). The molecule has 0 bridgehead atoms. The highest BCUT2D eigenvalue weighted by molar-refractivity contribution is 7.43. The Morgan fingerprint density at radius 1 is 1.20 bits per heavy atom. The van der Waals surface area contributed by atoms with Crippen molar-refractivity contribution in [2.45, 2.75) is 6.10 Å². The van der Waals surface area contributed by atoms with Crippen molar-refractivity contribution in [2.24, 2.45) is 0 Å². The summed E-state index contributed by atoms with van der Waals surface area (Å²) < 4.78 is 26.7. The molecule has 0 fully saturated rings. The van der Waals surface area contributed by atoms with Crippen molar-refractivity contribution in [3.05, 3.63) is 0 Å². The van der Waals surface area contributed by atoms with Crippen LogP contribution in [-0.4, -0.2) is 23.8 Å². The van der Waals surface area contributed by atoms with E-state index >= 15 is 0 Å². The van der Waals surface area contributed by atoms with Crippen molar-refractivity contribution in [2.75, 3.05) is 6.61 Å². The van der Waals surface area contributed by atoms with Crippen molar-refractivity contribution in [1.82, 2.24) is 0 Å². The maximum atomic E-state index is 10.2. The first-order valence-electron chi connectivity index (χ1n) is 3.11. The molecule has 0 aromatic heterocycles. The summed E-state index contributed by atoms with van der Waals surface area (Å²) in [6.07, 6.45) is -2.37. The van der Waals surface area contributed by atoms with Gasteiger partial charge in [0, 0.05) is 0 Å². The van der Waals surface area contributed by atoms with Gasteiger partial charge in [-0.25, -0.2) is 4.79 Å². The third-order valence-corrected chi connectivity index (χ3v) is 1.89. The number of aliphatic carboxylic acids is 1. The van der Waals surface area contributed by atoms with E-state index in [0.717, 1.165) is 0 Å². The number of carboxylic acids is 1. The lowest BCUT2D eigenvalue weighted by Crippen LogP contribution is -2.33. The third kappa shape index (κ3) is 8.67. The molecule has 0 saturated heterocycles. The zero-order chi connectivity index (χ0) is 12.3. The first-order valence-corrected chi connectivity index (χ1v) is 6.03.